The predicted molar refractivity (Wildman–Crippen MR) is 83.0 cm³/mol. The quantitative estimate of drug-likeness (QED) is 0.890. The topological polar surface area (TPSA) is 55.1 Å². The first-order valence-electron chi connectivity index (χ1n) is 6.97. The Morgan fingerprint density at radius 3 is 2.50 bits per heavy atom. The first-order chi connectivity index (χ1) is 9.47. The van der Waals surface area contributed by atoms with Crippen molar-refractivity contribution in [2.45, 2.75) is 44.7 Å². The van der Waals surface area contributed by atoms with Gasteiger partial charge in [0.1, 0.15) is 0 Å². The minimum Gasteiger partial charge on any atom is -0.369 e. The molecule has 0 bridgehead atoms. The summed E-state index contributed by atoms with van der Waals surface area (Å²) in [6.07, 6.45) is 3.69. The zero-order valence-electron chi connectivity index (χ0n) is 11.5. The Morgan fingerprint density at radius 1 is 1.30 bits per heavy atom. The maximum absolute atomic E-state index is 11.2. The van der Waals surface area contributed by atoms with Gasteiger partial charge in [0.2, 0.25) is 5.91 Å². The third kappa shape index (κ3) is 3.87. The van der Waals surface area contributed by atoms with Crippen LogP contribution in [-0.4, -0.2) is 11.9 Å². The lowest BCUT2D eigenvalue weighted by molar-refractivity contribution is -0.122. The first kappa shape index (κ1) is 15.6. The smallest absolute Gasteiger partial charge is 0.220 e. The summed E-state index contributed by atoms with van der Waals surface area (Å²) in [5, 5.41) is 4.91. The van der Waals surface area contributed by atoms with E-state index in [1.54, 1.807) is 6.07 Å². The molecule has 1 aromatic rings. The molecule has 0 aliphatic heterocycles. The van der Waals surface area contributed by atoms with Gasteiger partial charge in [0.05, 0.1) is 0 Å². The first-order valence-corrected chi connectivity index (χ1v) is 7.73. The van der Waals surface area contributed by atoms with E-state index in [2.05, 4.69) is 12.2 Å². The number of carbonyl (C=O) groups excluding carboxylic acids is 1. The number of halogens is 2. The highest BCUT2D eigenvalue weighted by molar-refractivity contribution is 6.35. The number of primary amides is 1. The van der Waals surface area contributed by atoms with Gasteiger partial charge in [0.25, 0.3) is 0 Å². The van der Waals surface area contributed by atoms with Gasteiger partial charge in [-0.2, -0.15) is 0 Å². The van der Waals surface area contributed by atoms with Crippen LogP contribution in [0, 0.1) is 5.92 Å². The molecule has 1 aliphatic carbocycles. The Balaban J connectivity index is 1.92. The molecule has 20 heavy (non-hydrogen) atoms. The molecule has 1 aliphatic rings. The molecular weight excluding hydrogens is 295 g/mol. The van der Waals surface area contributed by atoms with Gasteiger partial charge in [-0.1, -0.05) is 29.3 Å². The highest BCUT2D eigenvalue weighted by atomic mass is 35.5. The number of benzene rings is 1. The van der Waals surface area contributed by atoms with E-state index in [9.17, 15) is 4.79 Å². The van der Waals surface area contributed by atoms with Crippen molar-refractivity contribution in [3.63, 3.8) is 0 Å². The van der Waals surface area contributed by atoms with Crippen LogP contribution in [0.25, 0.3) is 0 Å². The summed E-state index contributed by atoms with van der Waals surface area (Å²) < 4.78 is 0. The summed E-state index contributed by atoms with van der Waals surface area (Å²) in [6.45, 7) is 2.09. The monoisotopic (exact) mass is 314 g/mol. The second kappa shape index (κ2) is 6.79. The van der Waals surface area contributed by atoms with Crippen LogP contribution in [0.5, 0.6) is 0 Å². The lowest BCUT2D eigenvalue weighted by atomic mass is 9.85. The molecular formula is C15H20Cl2N2O. The van der Waals surface area contributed by atoms with E-state index < -0.39 is 0 Å². The molecule has 0 heterocycles. The largest absolute Gasteiger partial charge is 0.369 e. The van der Waals surface area contributed by atoms with Crippen LogP contribution in [0.1, 0.15) is 44.2 Å². The summed E-state index contributed by atoms with van der Waals surface area (Å²) in [5.74, 6) is -0.125. The Hall–Kier alpha value is -0.770. The summed E-state index contributed by atoms with van der Waals surface area (Å²) >= 11 is 12.1. The molecule has 3 nitrogen and oxygen atoms in total. The zero-order chi connectivity index (χ0) is 14.7. The van der Waals surface area contributed by atoms with Crippen molar-refractivity contribution in [2.75, 3.05) is 0 Å². The maximum atomic E-state index is 11.2. The Labute approximate surface area is 129 Å². The van der Waals surface area contributed by atoms with Crippen LogP contribution < -0.4 is 11.1 Å². The number of nitrogens with two attached hydrogens (primary N) is 1. The minimum atomic E-state index is -0.169. The van der Waals surface area contributed by atoms with Crippen LogP contribution in [0.15, 0.2) is 18.2 Å². The van der Waals surface area contributed by atoms with Gasteiger partial charge in [-0.3, -0.25) is 4.79 Å². The average Bonchev–Trinajstić information content (AvgIpc) is 2.39. The van der Waals surface area contributed by atoms with Gasteiger partial charge < -0.3 is 11.1 Å². The standard InChI is InChI=1S/C15H20Cl2N2O/c1-9(13-7-4-11(16)8-14(13)17)19-12-5-2-10(3-6-12)15(18)20/h4,7-10,12,19H,2-3,5-6H2,1H3,(H2,18,20). The number of hydrogen-bond acceptors (Lipinski definition) is 2. The molecule has 1 aromatic carbocycles. The molecule has 110 valence electrons. The maximum Gasteiger partial charge on any atom is 0.220 e. The molecule has 0 saturated heterocycles. The van der Waals surface area contributed by atoms with Gasteiger partial charge in [0.15, 0.2) is 0 Å². The minimum absolute atomic E-state index is 0.0440. The van der Waals surface area contributed by atoms with E-state index in [0.29, 0.717) is 16.1 Å². The summed E-state index contributed by atoms with van der Waals surface area (Å²) in [4.78, 5) is 11.2. The van der Waals surface area contributed by atoms with Crippen molar-refractivity contribution in [1.82, 2.24) is 5.32 Å². The molecule has 1 amide bonds. The highest BCUT2D eigenvalue weighted by Gasteiger charge is 2.25. The van der Waals surface area contributed by atoms with Gasteiger partial charge >= 0.3 is 0 Å². The molecule has 1 unspecified atom stereocenters. The summed E-state index contributed by atoms with van der Waals surface area (Å²) in [5.41, 5.74) is 6.40. The van der Waals surface area contributed by atoms with Crippen molar-refractivity contribution >= 4 is 29.1 Å². The fourth-order valence-corrected chi connectivity index (χ4v) is 3.41. The van der Waals surface area contributed by atoms with Gasteiger partial charge in [-0.25, -0.2) is 0 Å². The Kier molecular flexibility index (Phi) is 5.30. The fourth-order valence-electron chi connectivity index (χ4n) is 2.84. The van der Waals surface area contributed by atoms with Crippen LogP contribution in [0.4, 0.5) is 0 Å². The van der Waals surface area contributed by atoms with Crippen LogP contribution in [-0.2, 0) is 4.79 Å². The zero-order valence-corrected chi connectivity index (χ0v) is 13.0. The van der Waals surface area contributed by atoms with Crippen LogP contribution in [0.2, 0.25) is 10.0 Å². The highest BCUT2D eigenvalue weighted by Crippen LogP contribution is 2.29. The summed E-state index contributed by atoms with van der Waals surface area (Å²) in [6, 6.07) is 6.14. The van der Waals surface area contributed by atoms with Crippen molar-refractivity contribution in [2.24, 2.45) is 11.7 Å². The SMILES string of the molecule is CC(NC1CCC(C(N)=O)CC1)c1ccc(Cl)cc1Cl. The van der Waals surface area contributed by atoms with E-state index in [-0.39, 0.29) is 17.9 Å². The Morgan fingerprint density at radius 2 is 1.95 bits per heavy atom. The number of hydrogen-bond donors (Lipinski definition) is 2. The molecule has 2 rings (SSSR count). The van der Waals surface area contributed by atoms with Gasteiger partial charge in [-0.05, 0) is 50.3 Å². The molecule has 1 saturated carbocycles. The van der Waals surface area contributed by atoms with Gasteiger partial charge in [0, 0.05) is 28.0 Å². The molecule has 3 N–H and O–H groups in total. The van der Waals surface area contributed by atoms with E-state index >= 15 is 0 Å². The van der Waals surface area contributed by atoms with Crippen LogP contribution >= 0.6 is 23.2 Å². The lowest BCUT2D eigenvalue weighted by Gasteiger charge is -2.30. The number of amides is 1. The molecule has 1 fully saturated rings. The summed E-state index contributed by atoms with van der Waals surface area (Å²) in [7, 11) is 0. The van der Waals surface area contributed by atoms with Crippen LogP contribution in [0.3, 0.4) is 0 Å². The predicted octanol–water partition coefficient (Wildman–Crippen LogP) is 3.69. The molecule has 0 aromatic heterocycles. The third-order valence-corrected chi connectivity index (χ3v) is 4.61. The van der Waals surface area contributed by atoms with Gasteiger partial charge in [-0.15, -0.1) is 0 Å². The Bertz CT molecular complexity index is 485. The molecule has 1 atom stereocenters. The third-order valence-electron chi connectivity index (χ3n) is 4.04. The fraction of sp³-hybridized carbons (Fsp3) is 0.533. The van der Waals surface area contributed by atoms with E-state index in [1.165, 1.54) is 0 Å². The molecule has 0 radical (unpaired) electrons. The molecule has 5 heteroatoms. The number of nitrogens with one attached hydrogen (secondary N) is 1. The van der Waals surface area contributed by atoms with E-state index in [1.807, 2.05) is 12.1 Å². The normalized spacial score (nSPS) is 24.4. The van der Waals surface area contributed by atoms with Crippen molar-refractivity contribution in [3.8, 4) is 0 Å². The van der Waals surface area contributed by atoms with Crippen molar-refractivity contribution in [1.29, 1.82) is 0 Å². The van der Waals surface area contributed by atoms with E-state index in [0.717, 1.165) is 31.2 Å². The number of carbonyl (C=O) groups is 1. The van der Waals surface area contributed by atoms with Crippen molar-refractivity contribution in [3.05, 3.63) is 33.8 Å². The second-order valence-electron chi connectivity index (χ2n) is 5.51. The molecule has 0 spiro atoms. The lowest BCUT2D eigenvalue weighted by Crippen LogP contribution is -2.37. The average molecular weight is 315 g/mol. The number of rotatable bonds is 4. The van der Waals surface area contributed by atoms with E-state index in [4.69, 9.17) is 28.9 Å². The van der Waals surface area contributed by atoms with Crippen molar-refractivity contribution < 1.29 is 4.79 Å². The second-order valence-corrected chi connectivity index (χ2v) is 6.35.